The maximum Gasteiger partial charge on any atom is 0.268 e. The molecule has 0 bridgehead atoms. The van der Waals surface area contributed by atoms with E-state index in [4.69, 9.17) is 10.5 Å². The van der Waals surface area contributed by atoms with Gasteiger partial charge in [0, 0.05) is 12.2 Å². The minimum absolute atomic E-state index is 0.0347. The lowest BCUT2D eigenvalue weighted by molar-refractivity contribution is 0.240. The first-order chi connectivity index (χ1) is 14.2. The summed E-state index contributed by atoms with van der Waals surface area (Å²) in [4.78, 5) is 4.37. The lowest BCUT2D eigenvalue weighted by atomic mass is 9.40. The second-order valence-electron chi connectivity index (χ2n) is 7.54. The van der Waals surface area contributed by atoms with Gasteiger partial charge < -0.3 is 10.5 Å². The predicted molar refractivity (Wildman–Crippen MR) is 111 cm³/mol. The van der Waals surface area contributed by atoms with Gasteiger partial charge in [-0.3, -0.25) is 4.68 Å². The maximum absolute atomic E-state index is 9.49. The van der Waals surface area contributed by atoms with Crippen molar-refractivity contribution in [1.29, 1.82) is 10.5 Å². The number of benzene rings is 1. The van der Waals surface area contributed by atoms with Crippen molar-refractivity contribution in [2.45, 2.75) is 44.0 Å². The Kier molecular flexibility index (Phi) is 5.10. The second-order valence-corrected chi connectivity index (χ2v) is 7.54. The van der Waals surface area contributed by atoms with Crippen molar-refractivity contribution < 1.29 is 4.74 Å². The van der Waals surface area contributed by atoms with Gasteiger partial charge in [-0.15, -0.1) is 0 Å². The van der Waals surface area contributed by atoms with Crippen LogP contribution in [0.5, 0.6) is 5.88 Å². The van der Waals surface area contributed by atoms with Gasteiger partial charge in [-0.1, -0.05) is 43.0 Å². The van der Waals surface area contributed by atoms with Crippen LogP contribution in [0.3, 0.4) is 0 Å². The number of rotatable bonds is 5. The lowest BCUT2D eigenvalue weighted by Gasteiger charge is -2.37. The smallest absolute Gasteiger partial charge is 0.268 e. The predicted octanol–water partition coefficient (Wildman–Crippen LogP) is 3.55. The van der Waals surface area contributed by atoms with Gasteiger partial charge in [0.15, 0.2) is 5.82 Å². The molecule has 0 unspecified atom stereocenters. The van der Waals surface area contributed by atoms with Gasteiger partial charge in [-0.25, -0.2) is 10.2 Å². The average molecular weight is 384 g/mol. The third-order valence-electron chi connectivity index (χ3n) is 5.76. The standard InChI is InChI=1S/C21H21BN6O/c23-12-9-21(7-10-22(15-24)11-8-21)28-17-6-13-26-20(18(17)19(25)27-28)29-14-16-4-2-1-3-5-16/h1-6,13H,7-11,14H2,(H2,25,27). The summed E-state index contributed by atoms with van der Waals surface area (Å²) in [5, 5.41) is 24.0. The molecule has 2 aromatic heterocycles. The van der Waals surface area contributed by atoms with Crippen LogP contribution in [0, 0.1) is 22.6 Å². The maximum atomic E-state index is 9.49. The number of aromatic nitrogens is 3. The summed E-state index contributed by atoms with van der Waals surface area (Å²) in [6, 6.07) is 14.0. The fourth-order valence-electron chi connectivity index (χ4n) is 4.15. The van der Waals surface area contributed by atoms with Crippen molar-refractivity contribution >= 4 is 23.4 Å². The highest BCUT2D eigenvalue weighted by Crippen LogP contribution is 2.42. The summed E-state index contributed by atoms with van der Waals surface area (Å²) in [5.74, 6) is 3.13. The molecule has 0 saturated carbocycles. The summed E-state index contributed by atoms with van der Waals surface area (Å²) in [5.41, 5.74) is 7.66. The molecular weight excluding hydrogens is 363 g/mol. The van der Waals surface area contributed by atoms with E-state index in [1.807, 2.05) is 41.1 Å². The van der Waals surface area contributed by atoms with Crippen molar-refractivity contribution in [1.82, 2.24) is 14.8 Å². The molecule has 144 valence electrons. The Bertz CT molecular complexity index is 1090. The van der Waals surface area contributed by atoms with Gasteiger partial charge in [-0.2, -0.15) is 10.4 Å². The Balaban J connectivity index is 1.71. The summed E-state index contributed by atoms with van der Waals surface area (Å²) >= 11 is 0. The Morgan fingerprint density at radius 3 is 2.62 bits per heavy atom. The summed E-state index contributed by atoms with van der Waals surface area (Å²) in [6.07, 6.45) is 4.95. The van der Waals surface area contributed by atoms with E-state index in [-0.39, 0.29) is 6.71 Å². The van der Waals surface area contributed by atoms with E-state index in [9.17, 15) is 10.5 Å². The molecular formula is C21H21BN6O. The third-order valence-corrected chi connectivity index (χ3v) is 5.76. The number of hydrogen-bond acceptors (Lipinski definition) is 6. The largest absolute Gasteiger partial charge is 0.472 e. The van der Waals surface area contributed by atoms with Gasteiger partial charge >= 0.3 is 0 Å². The Morgan fingerprint density at radius 1 is 1.17 bits per heavy atom. The first-order valence-corrected chi connectivity index (χ1v) is 9.74. The topological polar surface area (TPSA) is 114 Å². The summed E-state index contributed by atoms with van der Waals surface area (Å²) < 4.78 is 7.84. The van der Waals surface area contributed by atoms with Crippen LogP contribution in [0.1, 0.15) is 24.8 Å². The van der Waals surface area contributed by atoms with Crippen LogP contribution < -0.4 is 10.5 Å². The van der Waals surface area contributed by atoms with Crippen molar-refractivity contribution in [2.24, 2.45) is 0 Å². The minimum atomic E-state index is -0.462. The highest BCUT2D eigenvalue weighted by Gasteiger charge is 2.40. The lowest BCUT2D eigenvalue weighted by Crippen LogP contribution is -2.40. The molecule has 29 heavy (non-hydrogen) atoms. The van der Waals surface area contributed by atoms with Gasteiger partial charge in [0.2, 0.25) is 5.88 Å². The van der Waals surface area contributed by atoms with E-state index >= 15 is 0 Å². The molecule has 8 heteroatoms. The molecule has 1 aromatic carbocycles. The first-order valence-electron chi connectivity index (χ1n) is 9.74. The second kappa shape index (κ2) is 7.85. The summed E-state index contributed by atoms with van der Waals surface area (Å²) in [7, 11) is 0. The van der Waals surface area contributed by atoms with Crippen LogP contribution in [-0.4, -0.2) is 21.5 Å². The zero-order valence-electron chi connectivity index (χ0n) is 16.1. The molecule has 2 N–H and O–H groups in total. The van der Waals surface area contributed by atoms with Crippen molar-refractivity contribution in [3.05, 3.63) is 48.2 Å². The number of pyridine rings is 1. The van der Waals surface area contributed by atoms with Crippen LogP contribution >= 0.6 is 0 Å². The molecule has 0 aliphatic carbocycles. The van der Waals surface area contributed by atoms with Crippen molar-refractivity contribution in [2.75, 3.05) is 5.73 Å². The Labute approximate surface area is 169 Å². The number of ether oxygens (including phenoxy) is 1. The molecule has 0 amide bonds. The Morgan fingerprint density at radius 2 is 1.93 bits per heavy atom. The Hall–Kier alpha value is -3.52. The molecule has 7 nitrogen and oxygen atoms in total. The number of hydrogen-bond donors (Lipinski definition) is 1. The van der Waals surface area contributed by atoms with Crippen molar-refractivity contribution in [3.8, 4) is 17.9 Å². The number of nitriles is 2. The molecule has 3 aromatic rings. The van der Waals surface area contributed by atoms with E-state index in [1.165, 1.54) is 0 Å². The molecule has 4 rings (SSSR count). The van der Waals surface area contributed by atoms with E-state index in [0.29, 0.717) is 30.1 Å². The molecule has 0 spiro atoms. The summed E-state index contributed by atoms with van der Waals surface area (Å²) in [6.45, 7) is 0.414. The van der Waals surface area contributed by atoms with E-state index in [0.717, 1.165) is 36.6 Å². The number of anilines is 1. The van der Waals surface area contributed by atoms with Crippen LogP contribution in [0.4, 0.5) is 5.82 Å². The molecule has 1 aliphatic rings. The fraction of sp³-hybridized carbons (Fsp3) is 0.333. The zero-order chi connectivity index (χ0) is 20.3. The highest BCUT2D eigenvalue weighted by molar-refractivity contribution is 6.67. The van der Waals surface area contributed by atoms with Crippen LogP contribution in [-0.2, 0) is 12.1 Å². The molecule has 1 fully saturated rings. The van der Waals surface area contributed by atoms with Crippen LogP contribution in [0.2, 0.25) is 12.6 Å². The zero-order valence-corrected chi connectivity index (χ0v) is 16.1. The number of nitrogens with two attached hydrogens (primary N) is 1. The van der Waals surface area contributed by atoms with Crippen molar-refractivity contribution in [3.63, 3.8) is 0 Å². The molecule has 1 saturated heterocycles. The molecule has 0 radical (unpaired) electrons. The van der Waals surface area contributed by atoms with Gasteiger partial charge in [0.1, 0.15) is 12.0 Å². The van der Waals surface area contributed by atoms with E-state index < -0.39 is 5.54 Å². The first kappa shape index (κ1) is 18.8. The number of fused-ring (bicyclic) bond motifs is 1. The quantitative estimate of drug-likeness (QED) is 0.673. The molecule has 1 aliphatic heterocycles. The minimum Gasteiger partial charge on any atom is -0.472 e. The number of nitrogen functional groups attached to an aromatic ring is 1. The highest BCUT2D eigenvalue weighted by atomic mass is 16.5. The average Bonchev–Trinajstić information content (AvgIpc) is 3.11. The van der Waals surface area contributed by atoms with Crippen LogP contribution in [0.15, 0.2) is 42.6 Å². The molecule has 0 atom stereocenters. The van der Waals surface area contributed by atoms with E-state index in [1.54, 1.807) is 6.20 Å². The third kappa shape index (κ3) is 3.50. The van der Waals surface area contributed by atoms with E-state index in [2.05, 4.69) is 22.1 Å². The fourth-order valence-corrected chi connectivity index (χ4v) is 4.15. The number of nitrogens with zero attached hydrogens (tertiary/aromatic N) is 5. The normalized spacial score (nSPS) is 15.6. The molecule has 3 heterocycles. The van der Waals surface area contributed by atoms with Crippen LogP contribution in [0.25, 0.3) is 10.9 Å². The monoisotopic (exact) mass is 384 g/mol. The SMILES string of the molecule is N#CCC1(n2nc(N)c3c(OCc4ccccc4)nccc32)CCB(C#N)CC1. The van der Waals surface area contributed by atoms with Gasteiger partial charge in [-0.05, 0) is 24.5 Å². The van der Waals surface area contributed by atoms with Gasteiger partial charge in [0.25, 0.3) is 6.71 Å². The van der Waals surface area contributed by atoms with Gasteiger partial charge in [0.05, 0.1) is 23.5 Å².